The molecule has 1 nitrogen and oxygen atoms in total. The highest BCUT2D eigenvalue weighted by molar-refractivity contribution is 5.81. The maximum atomic E-state index is 10.9. The largest absolute Gasteiger partial charge is 0.298 e. The van der Waals surface area contributed by atoms with Crippen LogP contribution < -0.4 is 0 Å². The normalized spacial score (nSPS) is 11.1. The van der Waals surface area contributed by atoms with Gasteiger partial charge in [0.15, 0.2) is 6.29 Å². The number of carbonyl (C=O) groups excluding carboxylic acids is 1. The van der Waals surface area contributed by atoms with Crippen LogP contribution in [0, 0.1) is 0 Å². The number of hydrogen-bond donors (Lipinski definition) is 0. The molecule has 0 fully saturated rings. The Bertz CT molecular complexity index is 393. The Morgan fingerprint density at radius 2 is 1.45 bits per heavy atom. The third-order valence-corrected chi connectivity index (χ3v) is 3.64. The van der Waals surface area contributed by atoms with Gasteiger partial charge in [0.2, 0.25) is 0 Å². The van der Waals surface area contributed by atoms with E-state index in [1.54, 1.807) is 0 Å². The maximum absolute atomic E-state index is 10.9. The monoisotopic (exact) mass is 272 g/mol. The molecule has 0 saturated heterocycles. The van der Waals surface area contributed by atoms with E-state index in [2.05, 4.69) is 19.1 Å². The summed E-state index contributed by atoms with van der Waals surface area (Å²) in [5.74, 6) is 0. The Kier molecular flexibility index (Phi) is 9.56. The molecule has 0 amide bonds. The fourth-order valence-electron chi connectivity index (χ4n) is 2.38. The third-order valence-electron chi connectivity index (χ3n) is 3.64. The smallest absolute Gasteiger partial charge is 0.150 e. The molecular weight excluding hydrogens is 244 g/mol. The minimum absolute atomic E-state index is 0.777. The molecule has 0 spiro atoms. The van der Waals surface area contributed by atoms with Crippen LogP contribution in [0.25, 0.3) is 6.08 Å². The third kappa shape index (κ3) is 7.28. The van der Waals surface area contributed by atoms with Gasteiger partial charge in [-0.05, 0) is 18.4 Å². The molecule has 1 rings (SSSR count). The summed E-state index contributed by atoms with van der Waals surface area (Å²) in [6.07, 6.45) is 17.2. The number of benzene rings is 1. The summed E-state index contributed by atoms with van der Waals surface area (Å²) < 4.78 is 0. The average Bonchev–Trinajstić information content (AvgIpc) is 2.49. The van der Waals surface area contributed by atoms with Crippen molar-refractivity contribution >= 4 is 12.4 Å². The van der Waals surface area contributed by atoms with E-state index in [-0.39, 0.29) is 0 Å². The van der Waals surface area contributed by atoms with Crippen LogP contribution in [0.2, 0.25) is 0 Å². The topological polar surface area (TPSA) is 17.1 Å². The van der Waals surface area contributed by atoms with Gasteiger partial charge in [-0.3, -0.25) is 4.79 Å². The molecule has 1 aromatic carbocycles. The predicted molar refractivity (Wildman–Crippen MR) is 88.1 cm³/mol. The molecule has 20 heavy (non-hydrogen) atoms. The van der Waals surface area contributed by atoms with E-state index < -0.39 is 0 Å². The summed E-state index contributed by atoms with van der Waals surface area (Å²) in [5, 5.41) is 0. The minimum Gasteiger partial charge on any atom is -0.298 e. The Morgan fingerprint density at radius 1 is 0.850 bits per heavy atom. The molecule has 1 aromatic rings. The first kappa shape index (κ1) is 16.7. The molecule has 0 N–H and O–H groups in total. The van der Waals surface area contributed by atoms with E-state index in [4.69, 9.17) is 0 Å². The van der Waals surface area contributed by atoms with Crippen LogP contribution in [-0.2, 0) is 0 Å². The molecule has 1 heteroatoms. The molecule has 0 unspecified atom stereocenters. The van der Waals surface area contributed by atoms with Crippen LogP contribution in [0.5, 0.6) is 0 Å². The van der Waals surface area contributed by atoms with Crippen molar-refractivity contribution in [1.29, 1.82) is 0 Å². The van der Waals surface area contributed by atoms with Crippen LogP contribution in [0.3, 0.4) is 0 Å². The molecular formula is C19H28O. The fraction of sp³-hybridized carbons (Fsp3) is 0.526. The standard InChI is InChI=1S/C19H28O/c1-2-3-4-5-6-7-8-9-10-11-14-18-15-12-13-16-19(18)17-20/h11-17H,2-10H2,1H3/b14-11+. The first-order valence-corrected chi connectivity index (χ1v) is 8.09. The number of allylic oxidation sites excluding steroid dienone is 1. The lowest BCUT2D eigenvalue weighted by Crippen LogP contribution is -1.84. The highest BCUT2D eigenvalue weighted by atomic mass is 16.1. The van der Waals surface area contributed by atoms with Crippen molar-refractivity contribution in [1.82, 2.24) is 0 Å². The van der Waals surface area contributed by atoms with Crippen molar-refractivity contribution in [2.75, 3.05) is 0 Å². The second-order valence-electron chi connectivity index (χ2n) is 5.41. The van der Waals surface area contributed by atoms with Crippen molar-refractivity contribution in [3.05, 3.63) is 41.5 Å². The summed E-state index contributed by atoms with van der Waals surface area (Å²) in [7, 11) is 0. The lowest BCUT2D eigenvalue weighted by Gasteiger charge is -2.00. The lowest BCUT2D eigenvalue weighted by molar-refractivity contribution is 0.112. The van der Waals surface area contributed by atoms with E-state index >= 15 is 0 Å². The molecule has 0 radical (unpaired) electrons. The van der Waals surface area contributed by atoms with Gasteiger partial charge in [0.1, 0.15) is 0 Å². The zero-order valence-corrected chi connectivity index (χ0v) is 12.8. The van der Waals surface area contributed by atoms with Crippen molar-refractivity contribution in [3.8, 4) is 0 Å². The van der Waals surface area contributed by atoms with E-state index in [1.165, 1.54) is 51.4 Å². The quantitative estimate of drug-likeness (QED) is 0.354. The number of unbranched alkanes of at least 4 members (excludes halogenated alkanes) is 8. The van der Waals surface area contributed by atoms with Gasteiger partial charge in [0.25, 0.3) is 0 Å². The van der Waals surface area contributed by atoms with E-state index in [9.17, 15) is 4.79 Å². The van der Waals surface area contributed by atoms with Gasteiger partial charge in [-0.25, -0.2) is 0 Å². The molecule has 0 aliphatic carbocycles. The van der Waals surface area contributed by atoms with Gasteiger partial charge in [-0.2, -0.15) is 0 Å². The molecule has 110 valence electrons. The Hall–Kier alpha value is -1.37. The van der Waals surface area contributed by atoms with Gasteiger partial charge in [0, 0.05) is 5.56 Å². The van der Waals surface area contributed by atoms with E-state index in [0.29, 0.717) is 0 Å². The van der Waals surface area contributed by atoms with E-state index in [0.717, 1.165) is 23.8 Å². The van der Waals surface area contributed by atoms with Crippen LogP contribution in [0.15, 0.2) is 30.3 Å². The summed E-state index contributed by atoms with van der Waals surface area (Å²) in [6, 6.07) is 7.74. The summed E-state index contributed by atoms with van der Waals surface area (Å²) in [4.78, 5) is 10.9. The number of hydrogen-bond acceptors (Lipinski definition) is 1. The summed E-state index contributed by atoms with van der Waals surface area (Å²) in [6.45, 7) is 2.26. The Labute approximate surface area is 124 Å². The highest BCUT2D eigenvalue weighted by Crippen LogP contribution is 2.12. The van der Waals surface area contributed by atoms with Gasteiger partial charge in [-0.15, -0.1) is 0 Å². The van der Waals surface area contributed by atoms with Crippen molar-refractivity contribution in [2.24, 2.45) is 0 Å². The van der Waals surface area contributed by atoms with Crippen LogP contribution in [0.4, 0.5) is 0 Å². The maximum Gasteiger partial charge on any atom is 0.150 e. The Morgan fingerprint density at radius 3 is 2.10 bits per heavy atom. The van der Waals surface area contributed by atoms with Gasteiger partial charge >= 0.3 is 0 Å². The number of aldehydes is 1. The molecule has 0 heterocycles. The van der Waals surface area contributed by atoms with Gasteiger partial charge in [-0.1, -0.05) is 88.3 Å². The second-order valence-corrected chi connectivity index (χ2v) is 5.41. The molecule has 0 aliphatic heterocycles. The zero-order chi connectivity index (χ0) is 14.5. The lowest BCUT2D eigenvalue weighted by atomic mass is 10.1. The molecule has 0 saturated carbocycles. The summed E-state index contributed by atoms with van der Waals surface area (Å²) >= 11 is 0. The molecule has 0 atom stereocenters. The van der Waals surface area contributed by atoms with Crippen molar-refractivity contribution in [2.45, 2.75) is 64.7 Å². The zero-order valence-electron chi connectivity index (χ0n) is 12.8. The first-order chi connectivity index (χ1) is 9.88. The minimum atomic E-state index is 0.777. The van der Waals surface area contributed by atoms with E-state index in [1.807, 2.05) is 24.3 Å². The van der Waals surface area contributed by atoms with Crippen LogP contribution in [-0.4, -0.2) is 6.29 Å². The first-order valence-electron chi connectivity index (χ1n) is 8.09. The average molecular weight is 272 g/mol. The fourth-order valence-corrected chi connectivity index (χ4v) is 2.38. The molecule has 0 aliphatic rings. The van der Waals surface area contributed by atoms with Crippen LogP contribution in [0.1, 0.15) is 80.6 Å². The van der Waals surface area contributed by atoms with Gasteiger partial charge < -0.3 is 0 Å². The summed E-state index contributed by atoms with van der Waals surface area (Å²) in [5.41, 5.74) is 1.81. The predicted octanol–water partition coefficient (Wildman–Crippen LogP) is 6.04. The molecule has 0 aromatic heterocycles. The SMILES string of the molecule is CCCCCCCCCC/C=C/c1ccccc1C=O. The second kappa shape index (κ2) is 11.5. The van der Waals surface area contributed by atoms with Crippen molar-refractivity contribution in [3.63, 3.8) is 0 Å². The number of rotatable bonds is 11. The van der Waals surface area contributed by atoms with Crippen LogP contribution >= 0.6 is 0 Å². The van der Waals surface area contributed by atoms with Crippen molar-refractivity contribution < 1.29 is 4.79 Å². The Balaban J connectivity index is 2.09. The number of carbonyl (C=O) groups is 1. The van der Waals surface area contributed by atoms with Gasteiger partial charge in [0.05, 0.1) is 0 Å². The molecule has 0 bridgehead atoms. The highest BCUT2D eigenvalue weighted by Gasteiger charge is 1.95.